The van der Waals surface area contributed by atoms with Crippen molar-refractivity contribution < 1.29 is 8.78 Å². The van der Waals surface area contributed by atoms with Crippen LogP contribution in [0.5, 0.6) is 0 Å². The fraction of sp³-hybridized carbons (Fsp3) is 0.0769. The van der Waals surface area contributed by atoms with Crippen LogP contribution in [-0.2, 0) is 0 Å². The van der Waals surface area contributed by atoms with E-state index in [4.69, 9.17) is 5.26 Å². The van der Waals surface area contributed by atoms with Crippen molar-refractivity contribution in [3.8, 4) is 17.2 Å². The molecule has 0 saturated carbocycles. The van der Waals surface area contributed by atoms with Gasteiger partial charge in [-0.1, -0.05) is 0 Å². The Balaban J connectivity index is 2.93. The second kappa shape index (κ2) is 5.46. The van der Waals surface area contributed by atoms with Gasteiger partial charge in [0.25, 0.3) is 5.56 Å². The zero-order valence-electron chi connectivity index (χ0n) is 10.0. The minimum absolute atomic E-state index is 0.0459. The molecule has 0 radical (unpaired) electrons. The summed E-state index contributed by atoms with van der Waals surface area (Å²) in [5, 5.41) is 9.05. The number of halogens is 4. The lowest BCUT2D eigenvalue weighted by molar-refractivity contribution is 0.591. The van der Waals surface area contributed by atoms with Crippen molar-refractivity contribution in [2.45, 2.75) is 6.92 Å². The molecular weight excluding hydrogens is 398 g/mol. The number of hydrogen-bond acceptors (Lipinski definition) is 2. The standard InChI is InChI=1S/C13H6Br2F2N2O/c1-5-2-6(7(4-18)13(20)19-5)10-9(16)3-8(14)12(17)11(10)15/h2-3H,1H3,(H,19,20). The van der Waals surface area contributed by atoms with Crippen LogP contribution >= 0.6 is 31.9 Å². The summed E-state index contributed by atoms with van der Waals surface area (Å²) in [7, 11) is 0. The quantitative estimate of drug-likeness (QED) is 0.577. The summed E-state index contributed by atoms with van der Waals surface area (Å²) in [6, 6.07) is 4.09. The second-order valence-electron chi connectivity index (χ2n) is 4.03. The Morgan fingerprint density at radius 1 is 1.30 bits per heavy atom. The first-order chi connectivity index (χ1) is 9.36. The first-order valence-corrected chi connectivity index (χ1v) is 6.92. The molecule has 20 heavy (non-hydrogen) atoms. The van der Waals surface area contributed by atoms with Gasteiger partial charge in [-0.2, -0.15) is 5.26 Å². The van der Waals surface area contributed by atoms with Crippen LogP contribution in [0, 0.1) is 29.9 Å². The van der Waals surface area contributed by atoms with Crippen molar-refractivity contribution in [3.63, 3.8) is 0 Å². The number of rotatable bonds is 1. The molecule has 0 saturated heterocycles. The number of benzene rings is 1. The summed E-state index contributed by atoms with van der Waals surface area (Å²) >= 11 is 5.85. The number of H-pyrrole nitrogens is 1. The first-order valence-electron chi connectivity index (χ1n) is 5.34. The lowest BCUT2D eigenvalue weighted by Gasteiger charge is -2.10. The molecule has 7 heteroatoms. The molecule has 0 fully saturated rings. The van der Waals surface area contributed by atoms with E-state index in [2.05, 4.69) is 36.8 Å². The summed E-state index contributed by atoms with van der Waals surface area (Å²) in [6.07, 6.45) is 0. The van der Waals surface area contributed by atoms with Gasteiger partial charge >= 0.3 is 0 Å². The van der Waals surface area contributed by atoms with E-state index in [9.17, 15) is 13.6 Å². The number of aromatic nitrogens is 1. The van der Waals surface area contributed by atoms with Crippen LogP contribution in [0.25, 0.3) is 11.1 Å². The van der Waals surface area contributed by atoms with E-state index in [0.717, 1.165) is 6.07 Å². The van der Waals surface area contributed by atoms with Crippen molar-refractivity contribution in [3.05, 3.63) is 54.3 Å². The molecule has 3 nitrogen and oxygen atoms in total. The van der Waals surface area contributed by atoms with E-state index in [-0.39, 0.29) is 25.6 Å². The van der Waals surface area contributed by atoms with Gasteiger partial charge in [-0.05, 0) is 50.9 Å². The fourth-order valence-electron chi connectivity index (χ4n) is 1.81. The Hall–Kier alpha value is -1.52. The predicted molar refractivity (Wildman–Crippen MR) is 77.3 cm³/mol. The molecule has 0 bridgehead atoms. The highest BCUT2D eigenvalue weighted by molar-refractivity contribution is 9.11. The van der Waals surface area contributed by atoms with Crippen LogP contribution in [0.1, 0.15) is 11.3 Å². The Kier molecular flexibility index (Phi) is 4.06. The Morgan fingerprint density at radius 3 is 2.55 bits per heavy atom. The molecule has 1 aromatic heterocycles. The van der Waals surface area contributed by atoms with Crippen molar-refractivity contribution in [1.29, 1.82) is 5.26 Å². The molecule has 2 aromatic rings. The van der Waals surface area contributed by atoms with Crippen molar-refractivity contribution >= 4 is 31.9 Å². The monoisotopic (exact) mass is 402 g/mol. The van der Waals surface area contributed by atoms with Crippen LogP contribution in [0.15, 0.2) is 25.9 Å². The third-order valence-electron chi connectivity index (χ3n) is 2.66. The molecule has 1 heterocycles. The van der Waals surface area contributed by atoms with Gasteiger partial charge in [-0.25, -0.2) is 8.78 Å². The highest BCUT2D eigenvalue weighted by Crippen LogP contribution is 2.37. The van der Waals surface area contributed by atoms with E-state index in [1.807, 2.05) is 0 Å². The summed E-state index contributed by atoms with van der Waals surface area (Å²) in [5.41, 5.74) is -0.575. The topological polar surface area (TPSA) is 56.6 Å². The summed E-state index contributed by atoms with van der Waals surface area (Å²) < 4.78 is 27.8. The van der Waals surface area contributed by atoms with E-state index in [0.29, 0.717) is 5.69 Å². The third kappa shape index (κ3) is 2.41. The smallest absolute Gasteiger partial charge is 0.266 e. The number of nitriles is 1. The highest BCUT2D eigenvalue weighted by atomic mass is 79.9. The maximum atomic E-state index is 14.1. The van der Waals surface area contributed by atoms with Gasteiger partial charge in [-0.15, -0.1) is 0 Å². The minimum Gasteiger partial charge on any atom is -0.325 e. The van der Waals surface area contributed by atoms with Crippen LogP contribution in [-0.4, -0.2) is 4.98 Å². The van der Waals surface area contributed by atoms with Gasteiger partial charge < -0.3 is 4.98 Å². The lowest BCUT2D eigenvalue weighted by atomic mass is 10.0. The van der Waals surface area contributed by atoms with E-state index in [1.165, 1.54) is 6.07 Å². The van der Waals surface area contributed by atoms with Gasteiger partial charge in [0.2, 0.25) is 0 Å². The van der Waals surface area contributed by atoms with Crippen LogP contribution in [0.3, 0.4) is 0 Å². The van der Waals surface area contributed by atoms with Crippen LogP contribution < -0.4 is 5.56 Å². The zero-order chi connectivity index (χ0) is 15.0. The molecule has 0 atom stereocenters. The Labute approximate surface area is 129 Å². The number of nitrogens with zero attached hydrogens (tertiary/aromatic N) is 1. The van der Waals surface area contributed by atoms with Crippen LogP contribution in [0.4, 0.5) is 8.78 Å². The van der Waals surface area contributed by atoms with Gasteiger partial charge in [0.1, 0.15) is 17.4 Å². The SMILES string of the molecule is Cc1cc(-c2c(F)cc(Br)c(F)c2Br)c(C#N)c(=O)[nH]1. The Bertz CT molecular complexity index is 809. The number of aromatic amines is 1. The van der Waals surface area contributed by atoms with E-state index >= 15 is 0 Å². The molecule has 0 aliphatic carbocycles. The molecule has 1 N–H and O–H groups in total. The first kappa shape index (κ1) is 14.9. The molecule has 2 rings (SSSR count). The minimum atomic E-state index is -0.744. The molecule has 102 valence electrons. The summed E-state index contributed by atoms with van der Waals surface area (Å²) in [4.78, 5) is 14.2. The average Bonchev–Trinajstić information content (AvgIpc) is 2.35. The van der Waals surface area contributed by atoms with Gasteiger partial charge in [0.15, 0.2) is 5.82 Å². The molecule has 0 aliphatic heterocycles. The zero-order valence-corrected chi connectivity index (χ0v) is 13.2. The van der Waals surface area contributed by atoms with Gasteiger partial charge in [-0.3, -0.25) is 4.79 Å². The summed E-state index contributed by atoms with van der Waals surface area (Å²) in [6.45, 7) is 1.59. The molecule has 0 amide bonds. The number of aryl methyl sites for hydroxylation is 1. The van der Waals surface area contributed by atoms with E-state index in [1.54, 1.807) is 13.0 Å². The average molecular weight is 404 g/mol. The van der Waals surface area contributed by atoms with Gasteiger partial charge in [0.05, 0.1) is 8.95 Å². The highest BCUT2D eigenvalue weighted by Gasteiger charge is 2.21. The lowest BCUT2D eigenvalue weighted by Crippen LogP contribution is -2.13. The molecular formula is C13H6Br2F2N2O. The van der Waals surface area contributed by atoms with Crippen LogP contribution in [0.2, 0.25) is 0 Å². The van der Waals surface area contributed by atoms with Gasteiger partial charge in [0, 0.05) is 16.8 Å². The summed E-state index contributed by atoms with van der Waals surface area (Å²) in [5.74, 6) is -1.45. The Morgan fingerprint density at radius 2 is 1.95 bits per heavy atom. The second-order valence-corrected chi connectivity index (χ2v) is 5.67. The molecule has 0 spiro atoms. The van der Waals surface area contributed by atoms with E-state index < -0.39 is 17.2 Å². The maximum absolute atomic E-state index is 14.1. The molecule has 1 aromatic carbocycles. The molecule has 0 aliphatic rings. The molecule has 0 unspecified atom stereocenters. The fourth-order valence-corrected chi connectivity index (χ4v) is 3.09. The normalized spacial score (nSPS) is 10.4. The maximum Gasteiger partial charge on any atom is 0.266 e. The third-order valence-corrected chi connectivity index (χ3v) is 3.98. The number of hydrogen-bond donors (Lipinski definition) is 1. The largest absolute Gasteiger partial charge is 0.325 e. The predicted octanol–water partition coefficient (Wildman–Crippen LogP) is 4.03. The van der Waals surface area contributed by atoms with Crippen molar-refractivity contribution in [1.82, 2.24) is 4.98 Å². The number of nitrogens with one attached hydrogen (secondary N) is 1. The van der Waals surface area contributed by atoms with Crippen molar-refractivity contribution in [2.75, 3.05) is 0 Å². The number of pyridine rings is 1. The van der Waals surface area contributed by atoms with Crippen molar-refractivity contribution in [2.24, 2.45) is 0 Å².